The molecule has 1 aromatic heterocycles. The number of benzene rings is 1. The Balaban J connectivity index is 1.74. The summed E-state index contributed by atoms with van der Waals surface area (Å²) in [4.78, 5) is 4.66. The van der Waals surface area contributed by atoms with Crippen LogP contribution in [0.1, 0.15) is 37.8 Å². The number of aliphatic imine (C=N–C) groups is 1. The van der Waals surface area contributed by atoms with Crippen molar-refractivity contribution in [1.82, 2.24) is 20.4 Å². The molecule has 31 heavy (non-hydrogen) atoms. The van der Waals surface area contributed by atoms with Crippen molar-refractivity contribution in [3.05, 3.63) is 47.8 Å². The van der Waals surface area contributed by atoms with Crippen LogP contribution >= 0.6 is 0 Å². The lowest BCUT2D eigenvalue weighted by molar-refractivity contribution is 0.0513. The standard InChI is InChI=1S/C23H35N5O3/c1-5-24-21(25-16-22(2,29)19-14-27-28(3)15-19)26-17-23(10-12-31-13-11-23)18-6-8-20(30-4)9-7-18/h6-9,14-15,29H,5,10-13,16-17H2,1-4H3,(H2,24,25,26). The Morgan fingerprint density at radius 2 is 2.00 bits per heavy atom. The van der Waals surface area contributed by atoms with Gasteiger partial charge in [0.25, 0.3) is 0 Å². The van der Waals surface area contributed by atoms with Crippen LogP contribution in [0.15, 0.2) is 41.7 Å². The van der Waals surface area contributed by atoms with E-state index < -0.39 is 5.60 Å². The minimum atomic E-state index is -1.09. The van der Waals surface area contributed by atoms with Crippen LogP contribution in [-0.2, 0) is 22.8 Å². The number of aryl methyl sites for hydroxylation is 1. The molecule has 0 spiro atoms. The van der Waals surface area contributed by atoms with Gasteiger partial charge in [0.05, 0.1) is 19.9 Å². The van der Waals surface area contributed by atoms with E-state index in [9.17, 15) is 5.11 Å². The maximum atomic E-state index is 10.9. The number of hydrogen-bond acceptors (Lipinski definition) is 5. The van der Waals surface area contributed by atoms with Crippen LogP contribution in [-0.4, -0.2) is 60.8 Å². The van der Waals surface area contributed by atoms with Gasteiger partial charge in [-0.15, -0.1) is 0 Å². The third-order valence-electron chi connectivity index (χ3n) is 5.96. The highest BCUT2D eigenvalue weighted by Crippen LogP contribution is 2.35. The van der Waals surface area contributed by atoms with Gasteiger partial charge in [-0.05, 0) is 44.4 Å². The third kappa shape index (κ3) is 5.77. The Bertz CT molecular complexity index is 854. The van der Waals surface area contributed by atoms with Crippen molar-refractivity contribution in [3.63, 3.8) is 0 Å². The summed E-state index contributed by atoms with van der Waals surface area (Å²) in [7, 11) is 3.52. The topological polar surface area (TPSA) is 92.9 Å². The smallest absolute Gasteiger partial charge is 0.191 e. The largest absolute Gasteiger partial charge is 0.497 e. The summed E-state index contributed by atoms with van der Waals surface area (Å²) in [6, 6.07) is 8.31. The zero-order chi connectivity index (χ0) is 22.3. The van der Waals surface area contributed by atoms with E-state index in [4.69, 9.17) is 9.47 Å². The average molecular weight is 430 g/mol. The van der Waals surface area contributed by atoms with Crippen molar-refractivity contribution in [2.45, 2.75) is 37.7 Å². The molecular formula is C23H35N5O3. The fourth-order valence-electron chi connectivity index (χ4n) is 3.89. The highest BCUT2D eigenvalue weighted by Gasteiger charge is 2.35. The van der Waals surface area contributed by atoms with Gasteiger partial charge < -0.3 is 25.2 Å². The van der Waals surface area contributed by atoms with Crippen LogP contribution < -0.4 is 15.4 Å². The van der Waals surface area contributed by atoms with Gasteiger partial charge in [-0.25, -0.2) is 4.99 Å². The SMILES string of the molecule is CCNC(=NCC(C)(O)c1cnn(C)c1)NCC1(c2ccc(OC)cc2)CCOCC1. The van der Waals surface area contributed by atoms with Gasteiger partial charge in [0, 0.05) is 50.5 Å². The lowest BCUT2D eigenvalue weighted by Crippen LogP contribution is -2.48. The van der Waals surface area contributed by atoms with Crippen molar-refractivity contribution in [3.8, 4) is 5.75 Å². The minimum Gasteiger partial charge on any atom is -0.497 e. The highest BCUT2D eigenvalue weighted by atomic mass is 16.5. The van der Waals surface area contributed by atoms with Gasteiger partial charge in [-0.2, -0.15) is 5.10 Å². The Morgan fingerprint density at radius 1 is 1.29 bits per heavy atom. The summed E-state index contributed by atoms with van der Waals surface area (Å²) in [5.41, 5.74) is 0.867. The van der Waals surface area contributed by atoms with Gasteiger partial charge in [-0.1, -0.05) is 12.1 Å². The molecule has 1 unspecified atom stereocenters. The number of ether oxygens (including phenoxy) is 2. The third-order valence-corrected chi connectivity index (χ3v) is 5.96. The van der Waals surface area contributed by atoms with Crippen molar-refractivity contribution in [2.24, 2.45) is 12.0 Å². The summed E-state index contributed by atoms with van der Waals surface area (Å²) in [6.07, 6.45) is 5.35. The predicted octanol–water partition coefficient (Wildman–Crippen LogP) is 1.94. The van der Waals surface area contributed by atoms with Gasteiger partial charge >= 0.3 is 0 Å². The number of guanidine groups is 1. The maximum absolute atomic E-state index is 10.9. The fraction of sp³-hybridized carbons (Fsp3) is 0.565. The van der Waals surface area contributed by atoms with Crippen molar-refractivity contribution in [1.29, 1.82) is 0 Å². The Morgan fingerprint density at radius 3 is 2.58 bits per heavy atom. The van der Waals surface area contributed by atoms with E-state index in [0.29, 0.717) is 5.96 Å². The zero-order valence-corrected chi connectivity index (χ0v) is 19.0. The van der Waals surface area contributed by atoms with Gasteiger partial charge in [0.2, 0.25) is 0 Å². The van der Waals surface area contributed by atoms with Crippen molar-refractivity contribution in [2.75, 3.05) is 40.0 Å². The molecule has 0 saturated carbocycles. The van der Waals surface area contributed by atoms with Gasteiger partial charge in [0.1, 0.15) is 11.4 Å². The summed E-state index contributed by atoms with van der Waals surface area (Å²) in [5, 5.41) is 21.8. The molecule has 1 saturated heterocycles. The van der Waals surface area contributed by atoms with E-state index >= 15 is 0 Å². The number of aliphatic hydroxyl groups is 1. The number of rotatable bonds is 8. The van der Waals surface area contributed by atoms with E-state index in [1.165, 1.54) is 5.56 Å². The number of nitrogens with one attached hydrogen (secondary N) is 2. The van der Waals surface area contributed by atoms with Crippen LogP contribution in [0.2, 0.25) is 0 Å². The molecule has 1 aliphatic rings. The number of nitrogens with zero attached hydrogens (tertiary/aromatic N) is 3. The normalized spacial score (nSPS) is 18.3. The summed E-state index contributed by atoms with van der Waals surface area (Å²) in [5.74, 6) is 1.54. The van der Waals surface area contributed by atoms with E-state index in [1.807, 2.05) is 32.3 Å². The van der Waals surface area contributed by atoms with Crippen molar-refractivity contribution < 1.29 is 14.6 Å². The van der Waals surface area contributed by atoms with E-state index in [2.05, 4.69) is 32.9 Å². The monoisotopic (exact) mass is 429 g/mol. The molecule has 8 heteroatoms. The molecule has 0 amide bonds. The Hall–Kier alpha value is -2.58. The van der Waals surface area contributed by atoms with Gasteiger partial charge in [-0.3, -0.25) is 4.68 Å². The molecule has 0 radical (unpaired) electrons. The molecule has 3 N–H and O–H groups in total. The molecule has 1 atom stereocenters. The first-order chi connectivity index (χ1) is 14.9. The molecule has 3 rings (SSSR count). The quantitative estimate of drug-likeness (QED) is 0.439. The van der Waals surface area contributed by atoms with Crippen LogP contribution in [0, 0.1) is 0 Å². The number of methoxy groups -OCH3 is 1. The first kappa shape index (κ1) is 23.1. The van der Waals surface area contributed by atoms with Gasteiger partial charge in [0.15, 0.2) is 5.96 Å². The molecule has 170 valence electrons. The summed E-state index contributed by atoms with van der Waals surface area (Å²) >= 11 is 0. The second-order valence-electron chi connectivity index (χ2n) is 8.35. The van der Waals surface area contributed by atoms with Crippen molar-refractivity contribution >= 4 is 5.96 Å². The van der Waals surface area contributed by atoms with Crippen LogP contribution in [0.5, 0.6) is 5.75 Å². The Labute approximate surface area is 184 Å². The predicted molar refractivity (Wildman–Crippen MR) is 121 cm³/mol. The number of aromatic nitrogens is 2. The molecule has 8 nitrogen and oxygen atoms in total. The molecule has 0 bridgehead atoms. The molecule has 2 heterocycles. The van der Waals surface area contributed by atoms with Crippen LogP contribution in [0.25, 0.3) is 0 Å². The molecule has 1 fully saturated rings. The second kappa shape index (κ2) is 10.2. The average Bonchev–Trinajstić information content (AvgIpc) is 3.24. The Kier molecular flexibility index (Phi) is 7.56. The highest BCUT2D eigenvalue weighted by molar-refractivity contribution is 5.80. The molecule has 1 aromatic carbocycles. The molecule has 0 aliphatic carbocycles. The summed E-state index contributed by atoms with van der Waals surface area (Å²) < 4.78 is 12.7. The maximum Gasteiger partial charge on any atom is 0.191 e. The van der Waals surface area contributed by atoms with Crippen LogP contribution in [0.4, 0.5) is 0 Å². The molecular weight excluding hydrogens is 394 g/mol. The fourth-order valence-corrected chi connectivity index (χ4v) is 3.89. The van der Waals surface area contributed by atoms with E-state index in [-0.39, 0.29) is 12.0 Å². The summed E-state index contributed by atoms with van der Waals surface area (Å²) in [6.45, 7) is 6.95. The lowest BCUT2D eigenvalue weighted by Gasteiger charge is -2.38. The first-order valence-electron chi connectivity index (χ1n) is 10.8. The molecule has 1 aliphatic heterocycles. The van der Waals surface area contributed by atoms with E-state index in [1.54, 1.807) is 24.9 Å². The zero-order valence-electron chi connectivity index (χ0n) is 19.0. The minimum absolute atomic E-state index is 0.0490. The lowest BCUT2D eigenvalue weighted by atomic mass is 9.74. The number of hydrogen-bond donors (Lipinski definition) is 3. The van der Waals surface area contributed by atoms with Crippen LogP contribution in [0.3, 0.4) is 0 Å². The molecule has 2 aromatic rings. The van der Waals surface area contributed by atoms with E-state index in [0.717, 1.165) is 50.5 Å². The second-order valence-corrected chi connectivity index (χ2v) is 8.35. The first-order valence-corrected chi connectivity index (χ1v) is 10.8.